The molecule has 0 unspecified atom stereocenters. The number of nitrogens with zero attached hydrogens (tertiary/aromatic N) is 2. The van der Waals surface area contributed by atoms with E-state index in [1.165, 1.54) is 11.8 Å². The van der Waals surface area contributed by atoms with Gasteiger partial charge in [0.05, 0.1) is 18.8 Å². The van der Waals surface area contributed by atoms with Crippen LogP contribution in [0, 0.1) is 6.92 Å². The summed E-state index contributed by atoms with van der Waals surface area (Å²) in [5.41, 5.74) is 3.99. The molecule has 4 rings (SSSR count). The number of aryl methyl sites for hydroxylation is 1. The number of pyridine rings is 1. The van der Waals surface area contributed by atoms with E-state index in [0.717, 1.165) is 11.1 Å². The zero-order chi connectivity index (χ0) is 24.1. The van der Waals surface area contributed by atoms with Crippen molar-refractivity contribution in [3.8, 4) is 0 Å². The van der Waals surface area contributed by atoms with Crippen molar-refractivity contribution < 1.29 is 19.1 Å². The van der Waals surface area contributed by atoms with Crippen LogP contribution in [0.1, 0.15) is 35.4 Å². The minimum Gasteiger partial charge on any atom is -0.438 e. The lowest BCUT2D eigenvalue weighted by Gasteiger charge is -2.24. The number of anilines is 1. The van der Waals surface area contributed by atoms with Crippen molar-refractivity contribution in [3.63, 3.8) is 0 Å². The van der Waals surface area contributed by atoms with E-state index in [-0.39, 0.29) is 24.9 Å². The van der Waals surface area contributed by atoms with Gasteiger partial charge in [0, 0.05) is 18.8 Å². The van der Waals surface area contributed by atoms with E-state index in [2.05, 4.69) is 15.6 Å². The predicted molar refractivity (Wildman–Crippen MR) is 127 cm³/mol. The number of hydrogen-bond acceptors (Lipinski definition) is 5. The van der Waals surface area contributed by atoms with Crippen molar-refractivity contribution in [3.05, 3.63) is 95.3 Å². The van der Waals surface area contributed by atoms with Gasteiger partial charge in [0.1, 0.15) is 0 Å². The van der Waals surface area contributed by atoms with Crippen LogP contribution < -0.4 is 10.6 Å². The molecule has 2 heterocycles. The maximum Gasteiger partial charge on any atom is 0.411 e. The highest BCUT2D eigenvalue weighted by Gasteiger charge is 2.46. The first kappa shape index (κ1) is 23.0. The zero-order valence-electron chi connectivity index (χ0n) is 19.0. The number of nitrogens with one attached hydrogen (secondary N) is 2. The predicted octanol–water partition coefficient (Wildman–Crippen LogP) is 3.73. The fraction of sp³-hybridized carbons (Fsp3) is 0.231. The quantitative estimate of drug-likeness (QED) is 0.562. The molecule has 2 N–H and O–H groups in total. The van der Waals surface area contributed by atoms with Crippen molar-refractivity contribution in [1.82, 2.24) is 15.2 Å². The lowest BCUT2D eigenvalue weighted by atomic mass is 10.00. The summed E-state index contributed by atoms with van der Waals surface area (Å²) in [5, 5.41) is 5.60. The smallest absolute Gasteiger partial charge is 0.411 e. The minimum absolute atomic E-state index is 0.184. The average Bonchev–Trinajstić information content (AvgIpc) is 3.15. The van der Waals surface area contributed by atoms with Gasteiger partial charge in [0.2, 0.25) is 11.8 Å². The largest absolute Gasteiger partial charge is 0.438 e. The first-order valence-electron chi connectivity index (χ1n) is 11.0. The van der Waals surface area contributed by atoms with Crippen LogP contribution in [0.3, 0.4) is 0 Å². The number of cyclic esters (lactones) is 1. The summed E-state index contributed by atoms with van der Waals surface area (Å²) in [4.78, 5) is 43.2. The summed E-state index contributed by atoms with van der Waals surface area (Å²) in [6.07, 6.45) is 0.301. The Labute approximate surface area is 198 Å². The Morgan fingerprint density at radius 3 is 2.41 bits per heavy atom. The molecule has 1 saturated heterocycles. The summed E-state index contributed by atoms with van der Waals surface area (Å²) in [7, 11) is 0. The Morgan fingerprint density at radius 1 is 1.03 bits per heavy atom. The van der Waals surface area contributed by atoms with Crippen LogP contribution in [0.25, 0.3) is 0 Å². The summed E-state index contributed by atoms with van der Waals surface area (Å²) < 4.78 is 5.69. The lowest BCUT2D eigenvalue weighted by molar-refractivity contribution is -0.126. The number of carbonyl (C=O) groups excluding carboxylic acids is 3. The van der Waals surface area contributed by atoms with E-state index in [0.29, 0.717) is 16.9 Å². The Balaban J connectivity index is 1.59. The molecule has 8 heteroatoms. The van der Waals surface area contributed by atoms with Crippen molar-refractivity contribution in [2.24, 2.45) is 0 Å². The third-order valence-corrected chi connectivity index (χ3v) is 5.56. The number of hydrogen-bond donors (Lipinski definition) is 2. The van der Waals surface area contributed by atoms with Crippen LogP contribution >= 0.6 is 0 Å². The lowest BCUT2D eigenvalue weighted by Crippen LogP contribution is -2.46. The highest BCUT2D eigenvalue weighted by molar-refractivity contribution is 5.90. The van der Waals surface area contributed by atoms with Crippen molar-refractivity contribution in [2.75, 3.05) is 5.32 Å². The van der Waals surface area contributed by atoms with E-state index in [9.17, 15) is 14.4 Å². The molecular weight excluding hydrogens is 432 g/mol. The van der Waals surface area contributed by atoms with Crippen LogP contribution in [-0.2, 0) is 27.4 Å². The number of amides is 3. The van der Waals surface area contributed by atoms with E-state index >= 15 is 0 Å². The summed E-state index contributed by atoms with van der Waals surface area (Å²) in [6, 6.07) is 19.3. The Hall–Kier alpha value is -4.20. The Morgan fingerprint density at radius 2 is 1.76 bits per heavy atom. The topological polar surface area (TPSA) is 101 Å². The number of carbonyl (C=O) groups is 3. The molecular formula is C26H26N4O4. The van der Waals surface area contributed by atoms with Gasteiger partial charge in [-0.05, 0) is 42.3 Å². The highest BCUT2D eigenvalue weighted by atomic mass is 16.6. The van der Waals surface area contributed by atoms with Crippen LogP contribution in [0.15, 0.2) is 72.9 Å². The van der Waals surface area contributed by atoms with Crippen molar-refractivity contribution >= 4 is 23.6 Å². The van der Waals surface area contributed by atoms with E-state index in [1.54, 1.807) is 36.5 Å². The van der Waals surface area contributed by atoms with E-state index < -0.39 is 18.2 Å². The normalized spacial score (nSPS) is 17.2. The molecule has 3 aromatic rings. The molecule has 3 amide bonds. The van der Waals surface area contributed by atoms with Gasteiger partial charge < -0.3 is 15.4 Å². The van der Waals surface area contributed by atoms with Gasteiger partial charge in [0.15, 0.2) is 12.1 Å². The first-order chi connectivity index (χ1) is 16.4. The summed E-state index contributed by atoms with van der Waals surface area (Å²) >= 11 is 0. The van der Waals surface area contributed by atoms with Crippen LogP contribution in [0.4, 0.5) is 10.5 Å². The van der Waals surface area contributed by atoms with Gasteiger partial charge >= 0.3 is 6.09 Å². The molecule has 0 aliphatic carbocycles. The van der Waals surface area contributed by atoms with E-state index in [1.807, 2.05) is 43.3 Å². The average molecular weight is 459 g/mol. The van der Waals surface area contributed by atoms with Gasteiger partial charge in [-0.25, -0.2) is 4.79 Å². The molecule has 2 atom stereocenters. The maximum atomic E-state index is 13.3. The van der Waals surface area contributed by atoms with Crippen LogP contribution in [-0.4, -0.2) is 33.8 Å². The van der Waals surface area contributed by atoms with Crippen LogP contribution in [0.5, 0.6) is 0 Å². The molecule has 0 saturated carbocycles. The molecule has 0 radical (unpaired) electrons. The minimum atomic E-state index is -0.871. The molecule has 34 heavy (non-hydrogen) atoms. The Bertz CT molecular complexity index is 1160. The zero-order valence-corrected chi connectivity index (χ0v) is 19.0. The molecule has 2 aromatic carbocycles. The van der Waals surface area contributed by atoms with Crippen molar-refractivity contribution in [1.29, 1.82) is 0 Å². The number of aromatic nitrogens is 1. The number of benzene rings is 2. The SMILES string of the molecule is CC(=O)Nc1ccc([C@H]2OC(=O)N(Cc3ccc(C)cc3)[C@H]2C(=O)NCc2ccccn2)cc1. The second kappa shape index (κ2) is 10.2. The van der Waals surface area contributed by atoms with Crippen LogP contribution in [0.2, 0.25) is 0 Å². The summed E-state index contributed by atoms with van der Waals surface area (Å²) in [6.45, 7) is 3.89. The van der Waals surface area contributed by atoms with Crippen molar-refractivity contribution in [2.45, 2.75) is 39.1 Å². The number of rotatable bonds is 7. The third-order valence-electron chi connectivity index (χ3n) is 5.56. The second-order valence-corrected chi connectivity index (χ2v) is 8.20. The van der Waals surface area contributed by atoms with Gasteiger partial charge in [-0.1, -0.05) is 48.0 Å². The second-order valence-electron chi connectivity index (χ2n) is 8.20. The highest BCUT2D eigenvalue weighted by Crippen LogP contribution is 2.34. The molecule has 0 bridgehead atoms. The monoisotopic (exact) mass is 458 g/mol. The maximum absolute atomic E-state index is 13.3. The molecule has 1 aliphatic rings. The molecule has 1 aromatic heterocycles. The van der Waals surface area contributed by atoms with Gasteiger partial charge in [0.25, 0.3) is 0 Å². The standard InChI is InChI=1S/C26H26N4O4/c1-17-6-8-19(9-7-17)16-30-23(25(32)28-15-22-5-3-4-14-27-22)24(34-26(30)33)20-10-12-21(13-11-20)29-18(2)31/h3-14,23-24H,15-16H2,1-2H3,(H,28,32)(H,29,31)/t23-,24-/m1/s1. The molecule has 8 nitrogen and oxygen atoms in total. The van der Waals surface area contributed by atoms with Gasteiger partial charge in [-0.2, -0.15) is 0 Å². The van der Waals surface area contributed by atoms with Gasteiger partial charge in [-0.3, -0.25) is 19.5 Å². The first-order valence-corrected chi connectivity index (χ1v) is 11.0. The van der Waals surface area contributed by atoms with Gasteiger partial charge in [-0.15, -0.1) is 0 Å². The third kappa shape index (κ3) is 5.40. The summed E-state index contributed by atoms with van der Waals surface area (Å²) in [5.74, 6) is -0.518. The number of ether oxygens (including phenoxy) is 1. The fourth-order valence-corrected chi connectivity index (χ4v) is 3.84. The van der Waals surface area contributed by atoms with E-state index in [4.69, 9.17) is 4.74 Å². The molecule has 0 spiro atoms. The fourth-order valence-electron chi connectivity index (χ4n) is 3.84. The Kier molecular flexibility index (Phi) is 6.87. The molecule has 1 fully saturated rings. The molecule has 1 aliphatic heterocycles. The molecule has 174 valence electrons.